The largest absolute Gasteiger partial charge is 0.596 e. The molecule has 0 bridgehead atoms. The summed E-state index contributed by atoms with van der Waals surface area (Å²) in [5.74, 6) is 1.30. The number of phosphoric acid groups is 2. The van der Waals surface area contributed by atoms with E-state index in [0.717, 1.165) is 25.7 Å². The molecule has 0 aromatic heterocycles. The molecule has 0 amide bonds. The second-order valence-electron chi connectivity index (χ2n) is 9.01. The van der Waals surface area contributed by atoms with E-state index in [1.807, 2.05) is 24.3 Å². The van der Waals surface area contributed by atoms with Gasteiger partial charge in [-0.15, -0.1) is 0 Å². The van der Waals surface area contributed by atoms with Crippen LogP contribution in [-0.4, -0.2) is 9.79 Å². The quantitative estimate of drug-likeness (QED) is 0.367. The van der Waals surface area contributed by atoms with Crippen molar-refractivity contribution in [2.75, 3.05) is 0 Å². The molecular formula is C24H32O7P2. The highest BCUT2D eigenvalue weighted by Gasteiger charge is 2.39. The fourth-order valence-electron chi connectivity index (χ4n) is 4.91. The number of hydrogen-bond donors (Lipinski definition) is 2. The average Bonchev–Trinajstić information content (AvgIpc) is 2.80. The van der Waals surface area contributed by atoms with E-state index in [2.05, 4.69) is 4.31 Å². The second-order valence-corrected chi connectivity index (χ2v) is 11.9. The molecule has 0 radical (unpaired) electrons. The number of rotatable bonds is 8. The highest BCUT2D eigenvalue weighted by atomic mass is 31.3. The summed E-state index contributed by atoms with van der Waals surface area (Å²) in [6.07, 6.45) is 11.9. The summed E-state index contributed by atoms with van der Waals surface area (Å²) in [6, 6.07) is 14.1. The van der Waals surface area contributed by atoms with Crippen molar-refractivity contribution in [3.8, 4) is 11.5 Å². The third kappa shape index (κ3) is 7.18. The summed E-state index contributed by atoms with van der Waals surface area (Å²) in [6.45, 7) is 0. The Morgan fingerprint density at radius 2 is 0.970 bits per heavy atom. The molecule has 0 spiro atoms. The first-order chi connectivity index (χ1) is 15.8. The SMILES string of the molecule is O=P(O)(O)OP(=O)(Oc1ccc(C2CCCCC2)cc1)Oc1ccc(C2CCCCC2)cc1. The number of hydrogen-bond acceptors (Lipinski definition) is 5. The Morgan fingerprint density at radius 3 is 1.30 bits per heavy atom. The first kappa shape index (κ1) is 24.5. The van der Waals surface area contributed by atoms with Gasteiger partial charge in [-0.2, -0.15) is 4.31 Å². The lowest BCUT2D eigenvalue weighted by atomic mass is 9.84. The van der Waals surface area contributed by atoms with Crippen LogP contribution in [0.2, 0.25) is 0 Å². The summed E-state index contributed by atoms with van der Waals surface area (Å²) in [5, 5.41) is 0. The number of phosphoric ester groups is 1. The van der Waals surface area contributed by atoms with Gasteiger partial charge in [0.25, 0.3) is 0 Å². The standard InChI is InChI=1S/C24H32O7P2/c25-32(26,27)31-33(28,29-23-15-11-21(12-16-23)19-7-3-1-4-8-19)30-24-17-13-22(14-18-24)20-9-5-2-6-10-20/h11-20H,1-10H2,(H2,25,26,27). The minimum Gasteiger partial charge on any atom is -0.395 e. The van der Waals surface area contributed by atoms with Crippen molar-refractivity contribution in [3.63, 3.8) is 0 Å². The van der Waals surface area contributed by atoms with E-state index >= 15 is 0 Å². The molecule has 0 aliphatic heterocycles. The predicted octanol–water partition coefficient (Wildman–Crippen LogP) is 7.46. The minimum absolute atomic E-state index is 0.158. The lowest BCUT2D eigenvalue weighted by Crippen LogP contribution is -2.06. The molecule has 0 unspecified atom stereocenters. The average molecular weight is 494 g/mol. The normalized spacial score (nSPS) is 18.7. The van der Waals surface area contributed by atoms with Crippen LogP contribution in [0.3, 0.4) is 0 Å². The van der Waals surface area contributed by atoms with Crippen LogP contribution in [0.5, 0.6) is 11.5 Å². The van der Waals surface area contributed by atoms with Crippen LogP contribution in [0.25, 0.3) is 0 Å². The van der Waals surface area contributed by atoms with Crippen molar-refractivity contribution >= 4 is 15.6 Å². The van der Waals surface area contributed by atoms with Crippen molar-refractivity contribution in [2.24, 2.45) is 0 Å². The zero-order valence-corrected chi connectivity index (χ0v) is 20.5. The highest BCUT2D eigenvalue weighted by Crippen LogP contribution is 2.60. The lowest BCUT2D eigenvalue weighted by Gasteiger charge is -2.23. The predicted molar refractivity (Wildman–Crippen MR) is 127 cm³/mol. The van der Waals surface area contributed by atoms with Crippen LogP contribution in [0.1, 0.15) is 87.2 Å². The lowest BCUT2D eigenvalue weighted by molar-refractivity contribution is 0.233. The third-order valence-electron chi connectivity index (χ3n) is 6.55. The topological polar surface area (TPSA) is 102 Å². The van der Waals surface area contributed by atoms with Crippen molar-refractivity contribution < 1.29 is 32.3 Å². The van der Waals surface area contributed by atoms with Crippen LogP contribution >= 0.6 is 15.6 Å². The Bertz CT molecular complexity index is 921. The van der Waals surface area contributed by atoms with Gasteiger partial charge in [0.05, 0.1) is 0 Å². The molecule has 33 heavy (non-hydrogen) atoms. The van der Waals surface area contributed by atoms with Gasteiger partial charge in [0.2, 0.25) is 0 Å². The molecule has 2 N–H and O–H groups in total. The van der Waals surface area contributed by atoms with Crippen LogP contribution in [0, 0.1) is 0 Å². The van der Waals surface area contributed by atoms with Gasteiger partial charge in [0, 0.05) is 0 Å². The van der Waals surface area contributed by atoms with Crippen molar-refractivity contribution in [3.05, 3.63) is 59.7 Å². The van der Waals surface area contributed by atoms with Gasteiger partial charge < -0.3 is 18.8 Å². The van der Waals surface area contributed by atoms with E-state index in [-0.39, 0.29) is 11.5 Å². The van der Waals surface area contributed by atoms with E-state index in [1.54, 1.807) is 24.3 Å². The molecule has 2 fully saturated rings. The second kappa shape index (κ2) is 10.8. The first-order valence-electron chi connectivity index (χ1n) is 11.8. The van der Waals surface area contributed by atoms with E-state index in [9.17, 15) is 18.9 Å². The van der Waals surface area contributed by atoms with Crippen molar-refractivity contribution in [2.45, 2.75) is 76.0 Å². The molecule has 9 heteroatoms. The maximum absolute atomic E-state index is 13.2. The molecule has 2 aromatic rings. The fraction of sp³-hybridized carbons (Fsp3) is 0.500. The van der Waals surface area contributed by atoms with Crippen LogP contribution in [0.15, 0.2) is 48.5 Å². The minimum atomic E-state index is -5.14. The molecule has 180 valence electrons. The molecule has 4 rings (SSSR count). The summed E-state index contributed by atoms with van der Waals surface area (Å²) in [5.41, 5.74) is 2.35. The molecule has 0 heterocycles. The molecule has 7 nitrogen and oxygen atoms in total. The Labute approximate surface area is 195 Å². The van der Waals surface area contributed by atoms with Crippen molar-refractivity contribution in [1.29, 1.82) is 0 Å². The van der Waals surface area contributed by atoms with E-state index < -0.39 is 15.6 Å². The molecular weight excluding hydrogens is 462 g/mol. The van der Waals surface area contributed by atoms with Gasteiger partial charge in [-0.25, -0.2) is 9.13 Å². The summed E-state index contributed by atoms with van der Waals surface area (Å²) >= 11 is 0. The Balaban J connectivity index is 1.47. The smallest absolute Gasteiger partial charge is 0.395 e. The molecule has 2 aliphatic carbocycles. The molecule has 2 aliphatic rings. The Morgan fingerprint density at radius 1 is 0.606 bits per heavy atom. The Hall–Kier alpha value is -1.62. The monoisotopic (exact) mass is 494 g/mol. The molecule has 2 saturated carbocycles. The number of benzene rings is 2. The zero-order chi connectivity index (χ0) is 23.3. The van der Waals surface area contributed by atoms with Crippen LogP contribution in [-0.2, 0) is 13.4 Å². The van der Waals surface area contributed by atoms with Crippen LogP contribution in [0.4, 0.5) is 0 Å². The highest BCUT2D eigenvalue weighted by molar-refractivity contribution is 7.61. The molecule has 0 atom stereocenters. The zero-order valence-electron chi connectivity index (χ0n) is 18.7. The van der Waals surface area contributed by atoms with E-state index in [1.165, 1.54) is 49.7 Å². The maximum Gasteiger partial charge on any atom is 0.596 e. The summed E-state index contributed by atoms with van der Waals surface area (Å²) < 4.78 is 40.0. The maximum atomic E-state index is 13.2. The van der Waals surface area contributed by atoms with Gasteiger partial charge in [-0.3, -0.25) is 0 Å². The van der Waals surface area contributed by atoms with Gasteiger partial charge >= 0.3 is 15.6 Å². The fourth-order valence-corrected chi connectivity index (χ4v) is 7.02. The third-order valence-corrected chi connectivity index (χ3v) is 9.07. The molecule has 0 saturated heterocycles. The van der Waals surface area contributed by atoms with E-state index in [4.69, 9.17) is 9.05 Å². The van der Waals surface area contributed by atoms with Gasteiger partial charge in [-0.1, -0.05) is 62.8 Å². The van der Waals surface area contributed by atoms with Crippen LogP contribution < -0.4 is 9.05 Å². The summed E-state index contributed by atoms with van der Waals surface area (Å²) in [4.78, 5) is 18.6. The summed E-state index contributed by atoms with van der Waals surface area (Å²) in [7, 11) is -9.78. The molecule has 2 aromatic carbocycles. The Kier molecular flexibility index (Phi) is 7.99. The van der Waals surface area contributed by atoms with E-state index in [0.29, 0.717) is 11.8 Å². The van der Waals surface area contributed by atoms with Gasteiger partial charge in [0.15, 0.2) is 0 Å². The van der Waals surface area contributed by atoms with Crippen molar-refractivity contribution in [1.82, 2.24) is 0 Å². The van der Waals surface area contributed by atoms with Gasteiger partial charge in [0.1, 0.15) is 11.5 Å². The first-order valence-corrected chi connectivity index (χ1v) is 14.7. The van der Waals surface area contributed by atoms with Gasteiger partial charge in [-0.05, 0) is 72.9 Å².